The lowest BCUT2D eigenvalue weighted by Crippen LogP contribution is -2.47. The quantitative estimate of drug-likeness (QED) is 0.535. The number of nitrogens with zero attached hydrogens (tertiary/aromatic N) is 2. The van der Waals surface area contributed by atoms with Gasteiger partial charge in [-0.25, -0.2) is 14.6 Å². The largest absolute Gasteiger partial charge is 0.480 e. The van der Waals surface area contributed by atoms with Crippen LogP contribution in [0.1, 0.15) is 49.7 Å². The van der Waals surface area contributed by atoms with Crippen molar-refractivity contribution < 1.29 is 24.2 Å². The van der Waals surface area contributed by atoms with Crippen LogP contribution in [-0.4, -0.2) is 46.7 Å². The van der Waals surface area contributed by atoms with E-state index in [0.717, 1.165) is 54.3 Å². The summed E-state index contributed by atoms with van der Waals surface area (Å²) in [4.78, 5) is 29.9. The molecular formula is C25H29BrN2O5. The zero-order valence-electron chi connectivity index (χ0n) is 18.5. The Bertz CT molecular complexity index is 949. The summed E-state index contributed by atoms with van der Waals surface area (Å²) in [5, 5.41) is 9.19. The molecule has 176 valence electrons. The molecule has 1 saturated carbocycles. The van der Waals surface area contributed by atoms with E-state index >= 15 is 0 Å². The monoisotopic (exact) mass is 516 g/mol. The maximum Gasteiger partial charge on any atom is 0.410 e. The van der Waals surface area contributed by atoms with Gasteiger partial charge in [-0.1, -0.05) is 36.4 Å². The lowest BCUT2D eigenvalue weighted by atomic mass is 9.63. The van der Waals surface area contributed by atoms with E-state index in [-0.39, 0.29) is 24.7 Å². The fourth-order valence-electron chi connectivity index (χ4n) is 5.02. The van der Waals surface area contributed by atoms with E-state index in [1.807, 2.05) is 42.5 Å². The van der Waals surface area contributed by atoms with Crippen molar-refractivity contribution in [3.05, 3.63) is 64.4 Å². The van der Waals surface area contributed by atoms with Gasteiger partial charge < -0.3 is 19.5 Å². The maximum absolute atomic E-state index is 12.5. The van der Waals surface area contributed by atoms with Gasteiger partial charge in [-0.05, 0) is 71.5 Å². The number of rotatable bonds is 6. The number of pyridine rings is 1. The second kappa shape index (κ2) is 10.2. The molecule has 1 aliphatic heterocycles. The van der Waals surface area contributed by atoms with Crippen molar-refractivity contribution in [1.29, 1.82) is 0 Å². The highest BCUT2D eigenvalue weighted by atomic mass is 79.9. The van der Waals surface area contributed by atoms with Crippen LogP contribution in [0.3, 0.4) is 0 Å². The number of ether oxygens (including phenoxy) is 2. The molecule has 0 unspecified atom stereocenters. The maximum atomic E-state index is 12.5. The standard InChI is InChI=1S/C25H29BrN2O5/c26-21-7-6-20(16-27-21)25(33-18-22(29)30)10-8-24(9-11-25)12-14-28(15-13-24)23(31)32-17-19-4-2-1-3-5-19/h1-7,16H,8-15,17-18H2,(H,29,30). The van der Waals surface area contributed by atoms with Crippen LogP contribution in [0.5, 0.6) is 0 Å². The van der Waals surface area contributed by atoms with Crippen LogP contribution in [0.25, 0.3) is 0 Å². The molecule has 1 amide bonds. The molecule has 2 fully saturated rings. The summed E-state index contributed by atoms with van der Waals surface area (Å²) in [6, 6.07) is 13.5. The van der Waals surface area contributed by atoms with Crippen LogP contribution in [0, 0.1) is 5.41 Å². The summed E-state index contributed by atoms with van der Waals surface area (Å²) in [7, 11) is 0. The Balaban J connectivity index is 1.34. The molecule has 0 radical (unpaired) electrons. The number of likely N-dealkylation sites (tertiary alicyclic amines) is 1. The highest BCUT2D eigenvalue weighted by Crippen LogP contribution is 2.52. The average molecular weight is 517 g/mol. The summed E-state index contributed by atoms with van der Waals surface area (Å²) in [5.74, 6) is -0.970. The molecule has 7 nitrogen and oxygen atoms in total. The Morgan fingerprint density at radius 3 is 2.30 bits per heavy atom. The number of carbonyl (C=O) groups excluding carboxylic acids is 1. The van der Waals surface area contributed by atoms with Crippen molar-refractivity contribution in [2.24, 2.45) is 5.41 Å². The van der Waals surface area contributed by atoms with Crippen molar-refractivity contribution in [1.82, 2.24) is 9.88 Å². The molecule has 0 bridgehead atoms. The highest BCUT2D eigenvalue weighted by Gasteiger charge is 2.46. The number of hydrogen-bond acceptors (Lipinski definition) is 5. The molecular weight excluding hydrogens is 488 g/mol. The van der Waals surface area contributed by atoms with Crippen LogP contribution in [0.2, 0.25) is 0 Å². The number of carbonyl (C=O) groups is 2. The smallest absolute Gasteiger partial charge is 0.410 e. The summed E-state index contributed by atoms with van der Waals surface area (Å²) in [6.07, 6.45) is 6.68. The van der Waals surface area contributed by atoms with Crippen molar-refractivity contribution in [2.75, 3.05) is 19.7 Å². The van der Waals surface area contributed by atoms with Gasteiger partial charge in [0.1, 0.15) is 17.8 Å². The molecule has 1 aromatic carbocycles. The Labute approximate surface area is 202 Å². The third kappa shape index (κ3) is 5.73. The number of amides is 1. The Morgan fingerprint density at radius 1 is 1.00 bits per heavy atom. The third-order valence-electron chi connectivity index (χ3n) is 7.13. The molecule has 4 rings (SSSR count). The number of piperidine rings is 1. The predicted octanol–water partition coefficient (Wildman–Crippen LogP) is 5.13. The van der Waals surface area contributed by atoms with Gasteiger partial charge in [0, 0.05) is 24.8 Å². The summed E-state index contributed by atoms with van der Waals surface area (Å²) in [5.41, 5.74) is 1.41. The number of hydrogen-bond donors (Lipinski definition) is 1. The van der Waals surface area contributed by atoms with Crippen molar-refractivity contribution in [3.63, 3.8) is 0 Å². The number of halogens is 1. The van der Waals surface area contributed by atoms with Gasteiger partial charge in [0.25, 0.3) is 0 Å². The van der Waals surface area contributed by atoms with E-state index in [1.54, 1.807) is 11.1 Å². The van der Waals surface area contributed by atoms with Gasteiger partial charge in [-0.15, -0.1) is 0 Å². The summed E-state index contributed by atoms with van der Waals surface area (Å²) >= 11 is 3.36. The van der Waals surface area contributed by atoms with Gasteiger partial charge in [0.2, 0.25) is 0 Å². The van der Waals surface area contributed by atoms with Crippen LogP contribution < -0.4 is 0 Å². The molecule has 33 heavy (non-hydrogen) atoms. The number of carboxylic acids is 1. The van der Waals surface area contributed by atoms with E-state index in [9.17, 15) is 14.7 Å². The molecule has 2 heterocycles. The second-order valence-corrected chi connectivity index (χ2v) is 9.89. The first-order chi connectivity index (χ1) is 15.9. The molecule has 1 aliphatic carbocycles. The van der Waals surface area contributed by atoms with Gasteiger partial charge in [0.15, 0.2) is 0 Å². The van der Waals surface area contributed by atoms with Gasteiger partial charge >= 0.3 is 12.1 Å². The van der Waals surface area contributed by atoms with E-state index in [0.29, 0.717) is 13.1 Å². The fraction of sp³-hybridized carbons (Fsp3) is 0.480. The fourth-order valence-corrected chi connectivity index (χ4v) is 5.25. The Hall–Kier alpha value is -2.45. The Morgan fingerprint density at radius 2 is 1.70 bits per heavy atom. The van der Waals surface area contributed by atoms with Gasteiger partial charge in [0.05, 0.1) is 5.60 Å². The predicted molar refractivity (Wildman–Crippen MR) is 126 cm³/mol. The molecule has 1 aromatic heterocycles. The van der Waals surface area contributed by atoms with Crippen LogP contribution in [-0.2, 0) is 26.5 Å². The molecule has 0 atom stereocenters. The molecule has 8 heteroatoms. The number of carboxylic acid groups (broad SMARTS) is 1. The topological polar surface area (TPSA) is 89.0 Å². The third-order valence-corrected chi connectivity index (χ3v) is 7.60. The van der Waals surface area contributed by atoms with E-state index < -0.39 is 11.6 Å². The first-order valence-electron chi connectivity index (χ1n) is 11.3. The van der Waals surface area contributed by atoms with Crippen LogP contribution in [0.15, 0.2) is 53.3 Å². The number of benzene rings is 1. The normalized spacial score (nSPS) is 19.2. The first-order valence-corrected chi connectivity index (χ1v) is 12.1. The van der Waals surface area contributed by atoms with E-state index in [4.69, 9.17) is 9.47 Å². The van der Waals surface area contributed by atoms with Crippen LogP contribution >= 0.6 is 15.9 Å². The number of aromatic nitrogens is 1. The zero-order chi connectivity index (χ0) is 23.3. The molecule has 1 N–H and O–H groups in total. The Kier molecular flexibility index (Phi) is 7.34. The molecule has 2 aliphatic rings. The minimum atomic E-state index is -0.970. The lowest BCUT2D eigenvalue weighted by molar-refractivity contribution is -0.157. The van der Waals surface area contributed by atoms with E-state index in [1.165, 1.54) is 0 Å². The first kappa shape index (κ1) is 23.7. The zero-order valence-corrected chi connectivity index (χ0v) is 20.1. The average Bonchev–Trinajstić information content (AvgIpc) is 2.84. The summed E-state index contributed by atoms with van der Waals surface area (Å²) in [6.45, 7) is 1.31. The lowest BCUT2D eigenvalue weighted by Gasteiger charge is -2.49. The molecule has 2 aromatic rings. The minimum Gasteiger partial charge on any atom is -0.480 e. The van der Waals surface area contributed by atoms with Crippen molar-refractivity contribution in [3.8, 4) is 0 Å². The van der Waals surface area contributed by atoms with Crippen molar-refractivity contribution >= 4 is 28.0 Å². The van der Waals surface area contributed by atoms with E-state index in [2.05, 4.69) is 20.9 Å². The second-order valence-electron chi connectivity index (χ2n) is 9.07. The molecule has 1 saturated heterocycles. The summed E-state index contributed by atoms with van der Waals surface area (Å²) < 4.78 is 12.2. The van der Waals surface area contributed by atoms with Gasteiger partial charge in [-0.3, -0.25) is 0 Å². The number of aliphatic carboxylic acids is 1. The van der Waals surface area contributed by atoms with Crippen LogP contribution in [0.4, 0.5) is 4.79 Å². The SMILES string of the molecule is O=C(O)COC1(c2ccc(Br)nc2)CCC2(CCN(C(=O)OCc3ccccc3)CC2)CC1. The highest BCUT2D eigenvalue weighted by molar-refractivity contribution is 9.10. The van der Waals surface area contributed by atoms with Gasteiger partial charge in [-0.2, -0.15) is 0 Å². The minimum absolute atomic E-state index is 0.148. The molecule has 1 spiro atoms. The van der Waals surface area contributed by atoms with Crippen molar-refractivity contribution in [2.45, 2.75) is 50.7 Å².